The first kappa shape index (κ1) is 16.7. The van der Waals surface area contributed by atoms with Crippen LogP contribution in [0.25, 0.3) is 0 Å². The first-order chi connectivity index (χ1) is 10.0. The molecule has 3 N–H and O–H groups in total. The van der Waals surface area contributed by atoms with Crippen molar-refractivity contribution in [3.8, 4) is 0 Å². The van der Waals surface area contributed by atoms with Crippen molar-refractivity contribution in [3.05, 3.63) is 29.8 Å². The van der Waals surface area contributed by atoms with E-state index in [1.807, 2.05) is 24.3 Å². The molecule has 0 bridgehead atoms. The SMILES string of the molecule is CCCCC1(CC)CO[P+](O)(Cc2ccc(N)cc2)OC1. The van der Waals surface area contributed by atoms with Crippen LogP contribution in [0.3, 0.4) is 0 Å². The molecule has 0 atom stereocenters. The molecule has 1 aromatic carbocycles. The van der Waals surface area contributed by atoms with Crippen LogP contribution < -0.4 is 5.73 Å². The Morgan fingerprint density at radius 3 is 2.33 bits per heavy atom. The maximum Gasteiger partial charge on any atom is 0.413 e. The predicted octanol–water partition coefficient (Wildman–Crippen LogP) is 4.16. The second-order valence-electron chi connectivity index (χ2n) is 6.04. The Morgan fingerprint density at radius 2 is 1.81 bits per heavy atom. The van der Waals surface area contributed by atoms with Gasteiger partial charge in [0.1, 0.15) is 13.2 Å². The fraction of sp³-hybridized carbons (Fsp3) is 0.625. The minimum atomic E-state index is -2.77. The van der Waals surface area contributed by atoms with Gasteiger partial charge in [0.15, 0.2) is 6.16 Å². The molecule has 1 saturated heterocycles. The van der Waals surface area contributed by atoms with Gasteiger partial charge in [0.25, 0.3) is 0 Å². The zero-order valence-electron chi connectivity index (χ0n) is 13.0. The quantitative estimate of drug-likeness (QED) is 0.611. The summed E-state index contributed by atoms with van der Waals surface area (Å²) >= 11 is 0. The summed E-state index contributed by atoms with van der Waals surface area (Å²) in [7, 11) is -2.77. The number of hydrogen-bond donors (Lipinski definition) is 2. The number of unbranched alkanes of at least 4 members (excludes halogenated alkanes) is 1. The zero-order valence-corrected chi connectivity index (χ0v) is 13.9. The molecule has 1 fully saturated rings. The number of nitrogen functional groups attached to an aromatic ring is 1. The fourth-order valence-corrected chi connectivity index (χ4v) is 4.46. The fourth-order valence-electron chi connectivity index (χ4n) is 2.58. The number of hydrogen-bond acceptors (Lipinski definition) is 4. The molecule has 4 nitrogen and oxygen atoms in total. The van der Waals surface area contributed by atoms with Crippen molar-refractivity contribution >= 4 is 13.6 Å². The molecule has 1 aliphatic rings. The lowest BCUT2D eigenvalue weighted by Gasteiger charge is -2.36. The lowest BCUT2D eigenvalue weighted by molar-refractivity contribution is -0.00653. The molecule has 21 heavy (non-hydrogen) atoms. The van der Waals surface area contributed by atoms with E-state index >= 15 is 0 Å². The van der Waals surface area contributed by atoms with Gasteiger partial charge in [-0.1, -0.05) is 38.8 Å². The largest absolute Gasteiger partial charge is 0.413 e. The van der Waals surface area contributed by atoms with Gasteiger partial charge in [0, 0.05) is 11.1 Å². The molecule has 0 unspecified atom stereocenters. The summed E-state index contributed by atoms with van der Waals surface area (Å²) in [5, 5.41) is 0. The summed E-state index contributed by atoms with van der Waals surface area (Å²) < 4.78 is 11.6. The number of nitrogens with two attached hydrogens (primary N) is 1. The highest BCUT2D eigenvalue weighted by Gasteiger charge is 2.50. The highest BCUT2D eigenvalue weighted by molar-refractivity contribution is 7.59. The van der Waals surface area contributed by atoms with Crippen LogP contribution in [0.2, 0.25) is 0 Å². The summed E-state index contributed by atoms with van der Waals surface area (Å²) in [5.41, 5.74) is 7.47. The van der Waals surface area contributed by atoms with Crippen molar-refractivity contribution in [3.63, 3.8) is 0 Å². The Labute approximate surface area is 128 Å². The summed E-state index contributed by atoms with van der Waals surface area (Å²) in [5.74, 6) is 0. The smallest absolute Gasteiger partial charge is 0.399 e. The molecule has 2 rings (SSSR count). The summed E-state index contributed by atoms with van der Waals surface area (Å²) in [6.45, 7) is 5.56. The number of rotatable bonds is 6. The van der Waals surface area contributed by atoms with Gasteiger partial charge in [0.2, 0.25) is 0 Å². The first-order valence-electron chi connectivity index (χ1n) is 7.75. The molecule has 0 aliphatic carbocycles. The van der Waals surface area contributed by atoms with Gasteiger partial charge in [-0.25, -0.2) is 0 Å². The number of anilines is 1. The molecule has 0 radical (unpaired) electrons. The lowest BCUT2D eigenvalue weighted by Crippen LogP contribution is -2.36. The highest BCUT2D eigenvalue weighted by Crippen LogP contribution is 2.64. The Balaban J connectivity index is 1.96. The van der Waals surface area contributed by atoms with Gasteiger partial charge in [-0.3, -0.25) is 0 Å². The third-order valence-electron chi connectivity index (χ3n) is 4.32. The second kappa shape index (κ2) is 7.06. The molecule has 1 aromatic rings. The average Bonchev–Trinajstić information content (AvgIpc) is 2.50. The summed E-state index contributed by atoms with van der Waals surface area (Å²) in [6.07, 6.45) is 4.90. The van der Waals surface area contributed by atoms with Crippen molar-refractivity contribution < 1.29 is 13.9 Å². The lowest BCUT2D eigenvalue weighted by atomic mass is 9.82. The van der Waals surface area contributed by atoms with E-state index in [1.165, 1.54) is 12.8 Å². The monoisotopic (exact) mass is 312 g/mol. The molecule has 1 aliphatic heterocycles. The van der Waals surface area contributed by atoms with Gasteiger partial charge in [0.05, 0.1) is 0 Å². The third kappa shape index (κ3) is 4.40. The van der Waals surface area contributed by atoms with Crippen LogP contribution in [0.4, 0.5) is 5.69 Å². The van der Waals surface area contributed by atoms with Gasteiger partial charge in [-0.2, -0.15) is 13.9 Å². The van der Waals surface area contributed by atoms with Gasteiger partial charge < -0.3 is 5.73 Å². The van der Waals surface area contributed by atoms with Gasteiger partial charge in [-0.05, 0) is 30.5 Å². The second-order valence-corrected chi connectivity index (χ2v) is 8.15. The molecule has 0 aromatic heterocycles. The minimum absolute atomic E-state index is 0.0728. The summed E-state index contributed by atoms with van der Waals surface area (Å²) in [4.78, 5) is 10.6. The van der Waals surface area contributed by atoms with E-state index in [2.05, 4.69) is 13.8 Å². The first-order valence-corrected chi connectivity index (χ1v) is 9.51. The Kier molecular flexibility index (Phi) is 5.61. The Morgan fingerprint density at radius 1 is 1.19 bits per heavy atom. The van der Waals surface area contributed by atoms with Crippen molar-refractivity contribution in [2.45, 2.75) is 45.7 Å². The van der Waals surface area contributed by atoms with Crippen molar-refractivity contribution in [1.29, 1.82) is 0 Å². The molecule has 0 spiro atoms. The van der Waals surface area contributed by atoms with E-state index in [4.69, 9.17) is 14.8 Å². The standard InChI is InChI=1S/C16H27NO3P/c1-3-5-10-16(4-2)12-19-21(18,20-13-16)11-14-6-8-15(17)9-7-14/h6-9,18H,3-5,10-13,17H2,1-2H3/q+1. The van der Waals surface area contributed by atoms with Crippen molar-refractivity contribution in [2.75, 3.05) is 18.9 Å². The molecular weight excluding hydrogens is 285 g/mol. The van der Waals surface area contributed by atoms with Crippen LogP contribution in [0, 0.1) is 5.41 Å². The van der Waals surface area contributed by atoms with Gasteiger partial charge >= 0.3 is 7.94 Å². The topological polar surface area (TPSA) is 64.7 Å². The molecule has 0 amide bonds. The normalized spacial score (nSPS) is 29.5. The van der Waals surface area contributed by atoms with Crippen LogP contribution in [0.5, 0.6) is 0 Å². The maximum atomic E-state index is 10.6. The molecular formula is C16H27NO3P+. The van der Waals surface area contributed by atoms with Crippen molar-refractivity contribution in [1.82, 2.24) is 0 Å². The van der Waals surface area contributed by atoms with Crippen LogP contribution in [0.1, 0.15) is 45.1 Å². The molecule has 0 saturated carbocycles. The number of benzene rings is 1. The van der Waals surface area contributed by atoms with E-state index in [-0.39, 0.29) is 5.41 Å². The Hall–Kier alpha value is -0.670. The third-order valence-corrected chi connectivity index (χ3v) is 6.15. The molecule has 1 heterocycles. The summed E-state index contributed by atoms with van der Waals surface area (Å²) in [6, 6.07) is 7.50. The molecule has 118 valence electrons. The predicted molar refractivity (Wildman–Crippen MR) is 87.9 cm³/mol. The van der Waals surface area contributed by atoms with E-state index in [0.29, 0.717) is 19.4 Å². The minimum Gasteiger partial charge on any atom is -0.399 e. The molecule has 5 heteroatoms. The van der Waals surface area contributed by atoms with E-state index in [0.717, 1.165) is 24.1 Å². The van der Waals surface area contributed by atoms with E-state index in [1.54, 1.807) is 0 Å². The highest BCUT2D eigenvalue weighted by atomic mass is 31.2. The van der Waals surface area contributed by atoms with Crippen LogP contribution in [-0.4, -0.2) is 18.1 Å². The zero-order chi connectivity index (χ0) is 15.3. The van der Waals surface area contributed by atoms with E-state index in [9.17, 15) is 4.89 Å². The maximum absolute atomic E-state index is 10.6. The average molecular weight is 312 g/mol. The van der Waals surface area contributed by atoms with Gasteiger partial charge in [-0.15, -0.1) is 0 Å². The van der Waals surface area contributed by atoms with Crippen LogP contribution in [-0.2, 0) is 15.2 Å². The van der Waals surface area contributed by atoms with Crippen LogP contribution >= 0.6 is 7.94 Å². The van der Waals surface area contributed by atoms with E-state index < -0.39 is 7.94 Å². The van der Waals surface area contributed by atoms with Crippen LogP contribution in [0.15, 0.2) is 24.3 Å². The van der Waals surface area contributed by atoms with Crippen molar-refractivity contribution in [2.24, 2.45) is 5.41 Å². The Bertz CT molecular complexity index is 441.